The minimum absolute atomic E-state index is 0.0621. The lowest BCUT2D eigenvalue weighted by Crippen LogP contribution is -1.99. The maximum Gasteiger partial charge on any atom is 0.144 e. The van der Waals surface area contributed by atoms with Crippen molar-refractivity contribution in [2.75, 3.05) is 0 Å². The molecule has 0 unspecified atom stereocenters. The van der Waals surface area contributed by atoms with Crippen LogP contribution in [0.2, 0.25) is 0 Å². The highest BCUT2D eigenvalue weighted by Gasteiger charge is 2.15. The molecule has 0 N–H and O–H groups in total. The first kappa shape index (κ1) is 12.4. The van der Waals surface area contributed by atoms with Crippen LogP contribution >= 0.6 is 0 Å². The molecule has 5 aromatic rings. The van der Waals surface area contributed by atoms with E-state index in [-0.39, 0.29) is 11.1 Å². The Balaban J connectivity index is 1.77. The second-order valence-electron chi connectivity index (χ2n) is 7.39. The topological polar surface area (TPSA) is 26.0 Å². The summed E-state index contributed by atoms with van der Waals surface area (Å²) in [6, 6.07) is 19.6. The molecule has 0 aliphatic heterocycles. The van der Waals surface area contributed by atoms with Crippen LogP contribution < -0.4 is 0 Å². The summed E-state index contributed by atoms with van der Waals surface area (Å²) in [4.78, 5) is 4.44. The number of benzene rings is 3. The quantitative estimate of drug-likeness (QED) is 0.333. The first-order chi connectivity index (χ1) is 15.6. The third-order valence-corrected chi connectivity index (χ3v) is 4.99. The summed E-state index contributed by atoms with van der Waals surface area (Å²) in [5, 5.41) is 4.12. The summed E-state index contributed by atoms with van der Waals surface area (Å²) < 4.78 is 47.2. The predicted octanol–water partition coefficient (Wildman–Crippen LogP) is 7.31. The Hall–Kier alpha value is -3.13. The van der Waals surface area contributed by atoms with Crippen molar-refractivity contribution in [1.29, 1.82) is 0 Å². The van der Waals surface area contributed by atoms with E-state index >= 15 is 0 Å². The van der Waals surface area contributed by atoms with Gasteiger partial charge in [0.2, 0.25) is 0 Å². The predicted molar refractivity (Wildman–Crippen MR) is 118 cm³/mol. The summed E-state index contributed by atoms with van der Waals surface area (Å²) in [5.41, 5.74) is 2.66. The summed E-state index contributed by atoms with van der Waals surface area (Å²) in [6.45, 7) is 1.02. The highest BCUT2D eigenvalue weighted by Crippen LogP contribution is 2.37. The zero-order valence-corrected chi connectivity index (χ0v) is 15.8. The van der Waals surface area contributed by atoms with Crippen molar-refractivity contribution in [3.63, 3.8) is 0 Å². The summed E-state index contributed by atoms with van der Waals surface area (Å²) in [7, 11) is 0. The van der Waals surface area contributed by atoms with E-state index in [2.05, 4.69) is 17.1 Å². The maximum atomic E-state index is 8.60. The first-order valence-corrected chi connectivity index (χ1v) is 9.43. The van der Waals surface area contributed by atoms with Crippen LogP contribution in [0.25, 0.3) is 44.0 Å². The van der Waals surface area contributed by atoms with Crippen LogP contribution in [0.1, 0.15) is 31.8 Å². The van der Waals surface area contributed by atoms with Crippen molar-refractivity contribution >= 4 is 32.7 Å². The molecule has 0 bridgehead atoms. The van der Waals surface area contributed by atoms with E-state index in [9.17, 15) is 0 Å². The Morgan fingerprint density at radius 3 is 2.61 bits per heavy atom. The summed E-state index contributed by atoms with van der Waals surface area (Å²) in [6.07, 6.45) is -0.547. The maximum absolute atomic E-state index is 8.60. The molecule has 0 radical (unpaired) electrons. The van der Waals surface area contributed by atoms with Gasteiger partial charge in [-0.05, 0) is 65.3 Å². The molecule has 2 heterocycles. The molecule has 5 rings (SSSR count). The number of para-hydroxylation sites is 1. The van der Waals surface area contributed by atoms with Crippen LogP contribution in [0, 0.1) is 12.8 Å². The van der Waals surface area contributed by atoms with Crippen LogP contribution in [0.4, 0.5) is 0 Å². The van der Waals surface area contributed by atoms with Gasteiger partial charge in [-0.15, -0.1) is 0 Å². The molecule has 0 aliphatic carbocycles. The monoisotopic (exact) mass is 370 g/mol. The molecule has 0 spiro atoms. The fourth-order valence-electron chi connectivity index (χ4n) is 3.72. The van der Waals surface area contributed by atoms with Crippen LogP contribution in [0.5, 0.6) is 0 Å². The molecule has 28 heavy (non-hydrogen) atoms. The van der Waals surface area contributed by atoms with Crippen LogP contribution in [-0.4, -0.2) is 4.98 Å². The average molecular weight is 371 g/mol. The Morgan fingerprint density at radius 2 is 1.82 bits per heavy atom. The Morgan fingerprint density at radius 1 is 1.00 bits per heavy atom. The number of rotatable bonds is 3. The number of furan rings is 1. The standard InChI is InChI=1S/C26H23NO/c1-16(2)11-20-13-24(27-15-17(20)3)22-10-6-9-21-23-12-18-7-4-5-8-19(18)14-25(23)28-26(21)22/h4-10,12-16H,11H2,1-3H3/i3D3,11D2. The molecule has 3 aromatic carbocycles. The highest BCUT2D eigenvalue weighted by atomic mass is 16.3. The third kappa shape index (κ3) is 2.77. The first-order valence-electron chi connectivity index (χ1n) is 11.9. The number of fused-ring (bicyclic) bond motifs is 4. The van der Waals surface area contributed by atoms with E-state index in [1.54, 1.807) is 19.9 Å². The molecular weight excluding hydrogens is 342 g/mol. The molecule has 2 aromatic heterocycles. The van der Waals surface area contributed by atoms with Gasteiger partial charge in [0, 0.05) is 29.4 Å². The van der Waals surface area contributed by atoms with Gasteiger partial charge in [-0.25, -0.2) is 0 Å². The fraction of sp³-hybridized carbons (Fsp3) is 0.192. The van der Waals surface area contributed by atoms with Gasteiger partial charge in [-0.2, -0.15) is 0 Å². The van der Waals surface area contributed by atoms with Gasteiger partial charge in [0.25, 0.3) is 0 Å². The van der Waals surface area contributed by atoms with Crippen LogP contribution in [-0.2, 0) is 6.37 Å². The van der Waals surface area contributed by atoms with Gasteiger partial charge in [-0.3, -0.25) is 4.98 Å². The van der Waals surface area contributed by atoms with Gasteiger partial charge in [0.15, 0.2) is 0 Å². The van der Waals surface area contributed by atoms with E-state index < -0.39 is 19.1 Å². The molecule has 138 valence electrons. The Labute approximate surface area is 171 Å². The smallest absolute Gasteiger partial charge is 0.144 e. The van der Waals surface area contributed by atoms with Crippen molar-refractivity contribution in [2.24, 2.45) is 5.92 Å². The summed E-state index contributed by atoms with van der Waals surface area (Å²) in [5.74, 6) is -0.414. The number of hydrogen-bond donors (Lipinski definition) is 0. The number of pyridine rings is 1. The SMILES string of the molecule is [2H]C([2H])([2H])c1cnc(-c2cccc3c2oc2cc4ccccc4cc23)cc1C([2H])([2H])C(C)C. The average Bonchev–Trinajstić information content (AvgIpc) is 3.14. The highest BCUT2D eigenvalue weighted by molar-refractivity contribution is 6.13. The lowest BCUT2D eigenvalue weighted by Gasteiger charge is -2.10. The summed E-state index contributed by atoms with van der Waals surface area (Å²) >= 11 is 0. The molecule has 0 aliphatic rings. The van der Waals surface area contributed by atoms with Crippen molar-refractivity contribution < 1.29 is 11.3 Å². The molecule has 2 heteroatoms. The third-order valence-electron chi connectivity index (χ3n) is 4.99. The van der Waals surface area contributed by atoms with Crippen molar-refractivity contribution in [3.05, 3.63) is 78.0 Å². The van der Waals surface area contributed by atoms with E-state index in [0.717, 1.165) is 27.1 Å². The number of hydrogen-bond acceptors (Lipinski definition) is 2. The van der Waals surface area contributed by atoms with E-state index in [1.807, 2.05) is 42.5 Å². The second kappa shape index (κ2) is 6.49. The molecule has 0 fully saturated rings. The molecule has 0 atom stereocenters. The normalized spacial score (nSPS) is 15.5. The van der Waals surface area contributed by atoms with E-state index in [4.69, 9.17) is 11.3 Å². The minimum Gasteiger partial charge on any atom is -0.455 e. The lowest BCUT2D eigenvalue weighted by molar-refractivity contribution is 0.644. The number of aromatic nitrogens is 1. The molecule has 2 nitrogen and oxygen atoms in total. The van der Waals surface area contributed by atoms with E-state index in [0.29, 0.717) is 16.8 Å². The van der Waals surface area contributed by atoms with Gasteiger partial charge < -0.3 is 4.42 Å². The fourth-order valence-corrected chi connectivity index (χ4v) is 3.72. The van der Waals surface area contributed by atoms with Gasteiger partial charge in [-0.1, -0.05) is 50.2 Å². The largest absolute Gasteiger partial charge is 0.455 e. The van der Waals surface area contributed by atoms with Gasteiger partial charge in [0.05, 0.1) is 5.69 Å². The Kier molecular flexibility index (Phi) is 2.86. The van der Waals surface area contributed by atoms with Crippen LogP contribution in [0.3, 0.4) is 0 Å². The van der Waals surface area contributed by atoms with Crippen molar-refractivity contribution in [2.45, 2.75) is 27.1 Å². The molecule has 0 amide bonds. The molecular formula is C26H23NO. The van der Waals surface area contributed by atoms with Gasteiger partial charge in [0.1, 0.15) is 11.2 Å². The molecule has 0 saturated heterocycles. The lowest BCUT2D eigenvalue weighted by atomic mass is 9.97. The number of nitrogens with zero attached hydrogens (tertiary/aromatic N) is 1. The van der Waals surface area contributed by atoms with Crippen LogP contribution in [0.15, 0.2) is 71.3 Å². The van der Waals surface area contributed by atoms with E-state index in [1.165, 1.54) is 6.20 Å². The zero-order valence-electron chi connectivity index (χ0n) is 20.8. The van der Waals surface area contributed by atoms with Crippen molar-refractivity contribution in [3.8, 4) is 11.3 Å². The van der Waals surface area contributed by atoms with Crippen molar-refractivity contribution in [1.82, 2.24) is 4.98 Å². The Bertz CT molecular complexity index is 1510. The van der Waals surface area contributed by atoms with Gasteiger partial charge >= 0.3 is 0 Å². The minimum atomic E-state index is -2.46. The molecule has 0 saturated carbocycles. The number of aryl methyl sites for hydroxylation is 1. The zero-order chi connectivity index (χ0) is 23.5. The second-order valence-corrected chi connectivity index (χ2v) is 7.39.